The Kier molecular flexibility index (Phi) is 7.27. The molecule has 0 bridgehead atoms. The number of hydrogen-bond acceptors (Lipinski definition) is 6. The van der Waals surface area contributed by atoms with Gasteiger partial charge in [0.05, 0.1) is 12.8 Å². The van der Waals surface area contributed by atoms with Gasteiger partial charge >= 0.3 is 0 Å². The minimum absolute atomic E-state index is 0.0301. The fourth-order valence-corrected chi connectivity index (χ4v) is 3.77. The largest absolute Gasteiger partial charge is 0.495 e. The molecule has 1 aromatic heterocycles. The van der Waals surface area contributed by atoms with Crippen molar-refractivity contribution in [3.05, 3.63) is 36.2 Å². The third-order valence-corrected chi connectivity index (χ3v) is 5.26. The SMILES string of the molecule is CCNc1cc(N2CCCC(CCC(=O)Nc3cc(C)ccc3OC)C2)ncn1. The molecule has 1 aliphatic rings. The van der Waals surface area contributed by atoms with Crippen LogP contribution in [-0.4, -0.2) is 42.6 Å². The van der Waals surface area contributed by atoms with E-state index in [1.165, 1.54) is 0 Å². The first kappa shape index (κ1) is 20.9. The van der Waals surface area contributed by atoms with Crippen LogP contribution in [0.25, 0.3) is 0 Å². The second kappa shape index (κ2) is 10.1. The van der Waals surface area contributed by atoms with Gasteiger partial charge in [-0.3, -0.25) is 4.79 Å². The van der Waals surface area contributed by atoms with Gasteiger partial charge in [0.2, 0.25) is 5.91 Å². The van der Waals surface area contributed by atoms with Crippen LogP contribution in [0.4, 0.5) is 17.3 Å². The molecule has 3 rings (SSSR count). The van der Waals surface area contributed by atoms with Crippen LogP contribution < -0.4 is 20.3 Å². The number of ether oxygens (including phenoxy) is 1. The highest BCUT2D eigenvalue weighted by atomic mass is 16.5. The van der Waals surface area contributed by atoms with E-state index in [0.717, 1.165) is 61.8 Å². The first-order valence-electron chi connectivity index (χ1n) is 10.3. The average molecular weight is 398 g/mol. The lowest BCUT2D eigenvalue weighted by Gasteiger charge is -2.33. The lowest BCUT2D eigenvalue weighted by atomic mass is 9.93. The number of methoxy groups -OCH3 is 1. The molecule has 1 atom stereocenters. The van der Waals surface area contributed by atoms with Gasteiger partial charge in [-0.15, -0.1) is 0 Å². The number of hydrogen-bond donors (Lipinski definition) is 2. The molecule has 7 nitrogen and oxygen atoms in total. The normalized spacial score (nSPS) is 16.4. The van der Waals surface area contributed by atoms with Crippen molar-refractivity contribution in [1.29, 1.82) is 0 Å². The van der Waals surface area contributed by atoms with E-state index < -0.39 is 0 Å². The Bertz CT molecular complexity index is 827. The number of nitrogens with zero attached hydrogens (tertiary/aromatic N) is 3. The molecule has 2 aromatic rings. The van der Waals surface area contributed by atoms with Gasteiger partial charge in [-0.1, -0.05) is 6.07 Å². The van der Waals surface area contributed by atoms with Gasteiger partial charge in [0.15, 0.2) is 0 Å². The standard InChI is InChI=1S/C22H31N5O2/c1-4-23-20-13-21(25-15-24-20)27-11-5-6-17(14-27)8-10-22(28)26-18-12-16(2)7-9-19(18)29-3/h7,9,12-13,15,17H,4-6,8,10-11,14H2,1-3H3,(H,26,28)(H,23,24,25). The summed E-state index contributed by atoms with van der Waals surface area (Å²) in [7, 11) is 1.62. The quantitative estimate of drug-likeness (QED) is 0.704. The lowest BCUT2D eigenvalue weighted by molar-refractivity contribution is -0.116. The molecule has 156 valence electrons. The first-order valence-corrected chi connectivity index (χ1v) is 10.3. The molecule has 1 unspecified atom stereocenters. The molecular formula is C22H31N5O2. The van der Waals surface area contributed by atoms with Gasteiger partial charge in [-0.25, -0.2) is 9.97 Å². The van der Waals surface area contributed by atoms with Crippen molar-refractivity contribution in [3.8, 4) is 5.75 Å². The van der Waals surface area contributed by atoms with Crippen LogP contribution in [0, 0.1) is 12.8 Å². The van der Waals surface area contributed by atoms with E-state index >= 15 is 0 Å². The molecule has 1 aromatic carbocycles. The summed E-state index contributed by atoms with van der Waals surface area (Å²) in [6.07, 6.45) is 5.23. The Morgan fingerprint density at radius 2 is 2.17 bits per heavy atom. The van der Waals surface area contributed by atoms with E-state index in [-0.39, 0.29) is 5.91 Å². The summed E-state index contributed by atoms with van der Waals surface area (Å²) >= 11 is 0. The molecule has 1 aliphatic heterocycles. The van der Waals surface area contributed by atoms with Crippen LogP contribution in [0.5, 0.6) is 5.75 Å². The number of aryl methyl sites for hydroxylation is 1. The zero-order valence-corrected chi connectivity index (χ0v) is 17.6. The van der Waals surface area contributed by atoms with E-state index in [9.17, 15) is 4.79 Å². The number of nitrogens with one attached hydrogen (secondary N) is 2. The van der Waals surface area contributed by atoms with Crippen LogP contribution in [0.1, 0.15) is 38.2 Å². The molecule has 0 spiro atoms. The molecule has 0 saturated carbocycles. The summed E-state index contributed by atoms with van der Waals surface area (Å²) in [6.45, 7) is 6.80. The number of carbonyl (C=O) groups excluding carboxylic acids is 1. The van der Waals surface area contributed by atoms with Crippen LogP contribution in [0.15, 0.2) is 30.6 Å². The topological polar surface area (TPSA) is 79.4 Å². The maximum atomic E-state index is 12.5. The Morgan fingerprint density at radius 1 is 1.31 bits per heavy atom. The number of piperidine rings is 1. The van der Waals surface area contributed by atoms with Gasteiger partial charge in [0, 0.05) is 32.1 Å². The van der Waals surface area contributed by atoms with Crippen molar-refractivity contribution in [3.63, 3.8) is 0 Å². The van der Waals surface area contributed by atoms with Crippen LogP contribution in [-0.2, 0) is 4.79 Å². The van der Waals surface area contributed by atoms with E-state index in [1.807, 2.05) is 31.2 Å². The molecular weight excluding hydrogens is 366 g/mol. The molecule has 1 amide bonds. The highest BCUT2D eigenvalue weighted by Gasteiger charge is 2.22. The molecule has 1 fully saturated rings. The number of benzene rings is 1. The molecule has 1 saturated heterocycles. The Morgan fingerprint density at radius 3 is 2.97 bits per heavy atom. The van der Waals surface area contributed by atoms with Gasteiger partial charge in [0.25, 0.3) is 0 Å². The van der Waals surface area contributed by atoms with Crippen molar-refractivity contribution in [2.75, 3.05) is 42.3 Å². The zero-order chi connectivity index (χ0) is 20.6. The molecule has 0 radical (unpaired) electrons. The Hall–Kier alpha value is -2.83. The predicted octanol–water partition coefficient (Wildman–Crippen LogP) is 3.86. The van der Waals surface area contributed by atoms with Crippen molar-refractivity contribution in [1.82, 2.24) is 9.97 Å². The predicted molar refractivity (Wildman–Crippen MR) is 117 cm³/mol. The minimum atomic E-state index is 0.0301. The van der Waals surface area contributed by atoms with Crippen molar-refractivity contribution in [2.45, 2.75) is 39.5 Å². The second-order valence-electron chi connectivity index (χ2n) is 7.54. The number of amides is 1. The lowest BCUT2D eigenvalue weighted by Crippen LogP contribution is -2.36. The minimum Gasteiger partial charge on any atom is -0.495 e. The summed E-state index contributed by atoms with van der Waals surface area (Å²) < 4.78 is 5.35. The van der Waals surface area contributed by atoms with Gasteiger partial charge in [-0.2, -0.15) is 0 Å². The maximum Gasteiger partial charge on any atom is 0.224 e. The zero-order valence-electron chi connectivity index (χ0n) is 17.6. The third kappa shape index (κ3) is 5.82. The Labute approximate surface area is 172 Å². The number of rotatable bonds is 8. The summed E-state index contributed by atoms with van der Waals surface area (Å²) in [4.78, 5) is 23.5. The van der Waals surface area contributed by atoms with Crippen molar-refractivity contribution in [2.24, 2.45) is 5.92 Å². The molecule has 2 heterocycles. The van der Waals surface area contributed by atoms with E-state index in [2.05, 4.69) is 32.4 Å². The number of anilines is 3. The van der Waals surface area contributed by atoms with Crippen LogP contribution in [0.3, 0.4) is 0 Å². The molecule has 7 heteroatoms. The highest BCUT2D eigenvalue weighted by Crippen LogP contribution is 2.27. The fraction of sp³-hybridized carbons (Fsp3) is 0.500. The third-order valence-electron chi connectivity index (χ3n) is 5.26. The fourth-order valence-electron chi connectivity index (χ4n) is 3.77. The highest BCUT2D eigenvalue weighted by molar-refractivity contribution is 5.92. The summed E-state index contributed by atoms with van der Waals surface area (Å²) in [5, 5.41) is 6.23. The van der Waals surface area contributed by atoms with E-state index in [1.54, 1.807) is 13.4 Å². The van der Waals surface area contributed by atoms with Gasteiger partial charge in [0.1, 0.15) is 23.7 Å². The summed E-state index contributed by atoms with van der Waals surface area (Å²) in [6, 6.07) is 7.80. The molecule has 2 N–H and O–H groups in total. The van der Waals surface area contributed by atoms with Gasteiger partial charge in [-0.05, 0) is 56.7 Å². The number of carbonyl (C=O) groups is 1. The molecule has 29 heavy (non-hydrogen) atoms. The van der Waals surface area contributed by atoms with Gasteiger partial charge < -0.3 is 20.3 Å². The van der Waals surface area contributed by atoms with Crippen LogP contribution >= 0.6 is 0 Å². The number of aromatic nitrogens is 2. The monoisotopic (exact) mass is 397 g/mol. The van der Waals surface area contributed by atoms with E-state index in [4.69, 9.17) is 4.74 Å². The van der Waals surface area contributed by atoms with Crippen molar-refractivity contribution < 1.29 is 9.53 Å². The van der Waals surface area contributed by atoms with E-state index in [0.29, 0.717) is 18.1 Å². The summed E-state index contributed by atoms with van der Waals surface area (Å²) in [5.41, 5.74) is 1.82. The summed E-state index contributed by atoms with van der Waals surface area (Å²) in [5.74, 6) is 3.00. The van der Waals surface area contributed by atoms with Crippen LogP contribution in [0.2, 0.25) is 0 Å². The maximum absolute atomic E-state index is 12.5. The average Bonchev–Trinajstić information content (AvgIpc) is 2.73. The smallest absolute Gasteiger partial charge is 0.224 e. The molecule has 0 aliphatic carbocycles. The second-order valence-corrected chi connectivity index (χ2v) is 7.54. The first-order chi connectivity index (χ1) is 14.1. The van der Waals surface area contributed by atoms with Crippen molar-refractivity contribution >= 4 is 23.2 Å². The Balaban J connectivity index is 1.54.